The molecule has 29 heavy (non-hydrogen) atoms. The Morgan fingerprint density at radius 2 is 1.59 bits per heavy atom. The van der Waals surface area contributed by atoms with E-state index in [1.165, 1.54) is 40.6 Å². The summed E-state index contributed by atoms with van der Waals surface area (Å²) in [5, 5.41) is 4.73. The van der Waals surface area contributed by atoms with Gasteiger partial charge in [-0.05, 0) is 30.3 Å². The average molecular weight is 438 g/mol. The fourth-order valence-electron chi connectivity index (χ4n) is 2.70. The number of hydrogen-bond donors (Lipinski definition) is 0. The van der Waals surface area contributed by atoms with Gasteiger partial charge in [0.05, 0.1) is 39.0 Å². The number of benzene rings is 2. The quantitative estimate of drug-likeness (QED) is 0.576. The Morgan fingerprint density at radius 3 is 2.10 bits per heavy atom. The summed E-state index contributed by atoms with van der Waals surface area (Å²) in [6, 6.07) is 7.86. The zero-order chi connectivity index (χ0) is 21.1. The van der Waals surface area contributed by atoms with Crippen LogP contribution in [0.2, 0.25) is 10.0 Å². The lowest BCUT2D eigenvalue weighted by molar-refractivity contribution is 0.0945. The maximum absolute atomic E-state index is 13.1. The third kappa shape index (κ3) is 3.94. The van der Waals surface area contributed by atoms with E-state index in [4.69, 9.17) is 42.1 Å². The second kappa shape index (κ2) is 8.59. The zero-order valence-corrected chi connectivity index (χ0v) is 17.5. The van der Waals surface area contributed by atoms with Crippen molar-refractivity contribution in [2.24, 2.45) is 0 Å². The van der Waals surface area contributed by atoms with Crippen molar-refractivity contribution in [3.8, 4) is 34.6 Å². The third-order valence-corrected chi connectivity index (χ3v) is 4.59. The van der Waals surface area contributed by atoms with Gasteiger partial charge in [-0.3, -0.25) is 4.79 Å². The highest BCUT2D eigenvalue weighted by Crippen LogP contribution is 2.41. The van der Waals surface area contributed by atoms with Gasteiger partial charge in [0.15, 0.2) is 17.3 Å². The summed E-state index contributed by atoms with van der Waals surface area (Å²) in [6.45, 7) is 0. The topological polar surface area (TPSA) is 84.7 Å². The molecule has 152 valence electrons. The fourth-order valence-corrected chi connectivity index (χ4v) is 3.18. The Hall–Kier alpha value is -2.97. The molecule has 2 aromatic carbocycles. The molecule has 0 spiro atoms. The second-order valence-corrected chi connectivity index (χ2v) is 6.52. The van der Waals surface area contributed by atoms with Crippen molar-refractivity contribution in [2.45, 2.75) is 0 Å². The summed E-state index contributed by atoms with van der Waals surface area (Å²) in [4.78, 5) is 17.4. The van der Waals surface area contributed by atoms with E-state index in [2.05, 4.69) is 10.1 Å². The second-order valence-electron chi connectivity index (χ2n) is 5.68. The lowest BCUT2D eigenvalue weighted by Gasteiger charge is -2.14. The van der Waals surface area contributed by atoms with Crippen LogP contribution in [0.3, 0.4) is 0 Å². The predicted molar refractivity (Wildman–Crippen MR) is 108 cm³/mol. The van der Waals surface area contributed by atoms with Gasteiger partial charge >= 0.3 is 6.01 Å². The zero-order valence-electron chi connectivity index (χ0n) is 16.0. The molecule has 0 radical (unpaired) electrons. The minimum absolute atomic E-state index is 0.00666. The van der Waals surface area contributed by atoms with Gasteiger partial charge in [0.1, 0.15) is 0 Å². The van der Waals surface area contributed by atoms with Crippen LogP contribution in [-0.4, -0.2) is 49.1 Å². The van der Waals surface area contributed by atoms with Crippen molar-refractivity contribution < 1.29 is 23.7 Å². The molecule has 0 saturated carbocycles. The lowest BCUT2D eigenvalue weighted by atomic mass is 10.1. The van der Waals surface area contributed by atoms with Gasteiger partial charge in [-0.15, -0.1) is 5.10 Å². The van der Waals surface area contributed by atoms with E-state index < -0.39 is 5.91 Å². The number of halogens is 2. The van der Waals surface area contributed by atoms with Crippen molar-refractivity contribution in [3.63, 3.8) is 0 Å². The summed E-state index contributed by atoms with van der Waals surface area (Å²) < 4.78 is 22.3. The van der Waals surface area contributed by atoms with Gasteiger partial charge in [-0.1, -0.05) is 23.2 Å². The van der Waals surface area contributed by atoms with Crippen molar-refractivity contribution in [2.75, 3.05) is 28.4 Å². The number of methoxy groups -OCH3 is 4. The van der Waals surface area contributed by atoms with Crippen molar-refractivity contribution in [1.29, 1.82) is 0 Å². The number of rotatable bonds is 6. The summed E-state index contributed by atoms with van der Waals surface area (Å²) >= 11 is 12.1. The molecule has 0 atom stereocenters. The van der Waals surface area contributed by atoms with E-state index in [9.17, 15) is 4.79 Å². The van der Waals surface area contributed by atoms with Crippen LogP contribution in [0.5, 0.6) is 23.3 Å². The molecule has 1 aromatic heterocycles. The minimum Gasteiger partial charge on any atom is -0.493 e. The molecule has 0 unspecified atom stereocenters. The van der Waals surface area contributed by atoms with E-state index >= 15 is 0 Å². The van der Waals surface area contributed by atoms with E-state index in [0.29, 0.717) is 27.8 Å². The van der Waals surface area contributed by atoms with Crippen LogP contribution in [0.25, 0.3) is 11.4 Å². The molecule has 8 nitrogen and oxygen atoms in total. The first-order valence-corrected chi connectivity index (χ1v) is 9.00. The Morgan fingerprint density at radius 1 is 0.931 bits per heavy atom. The highest BCUT2D eigenvalue weighted by atomic mass is 35.5. The molecule has 0 N–H and O–H groups in total. The van der Waals surface area contributed by atoms with Gasteiger partial charge < -0.3 is 18.9 Å². The van der Waals surface area contributed by atoms with Crippen LogP contribution in [0.4, 0.5) is 0 Å². The lowest BCUT2D eigenvalue weighted by Crippen LogP contribution is -2.16. The summed E-state index contributed by atoms with van der Waals surface area (Å²) in [5.41, 5.74) is 0.700. The molecule has 3 aromatic rings. The minimum atomic E-state index is -0.508. The van der Waals surface area contributed by atoms with Crippen molar-refractivity contribution >= 4 is 29.1 Å². The molecule has 0 saturated heterocycles. The molecule has 0 aliphatic carbocycles. The normalized spacial score (nSPS) is 10.6. The molecule has 3 rings (SSSR count). The summed E-state index contributed by atoms with van der Waals surface area (Å²) in [5.74, 6) is 0.895. The molecule has 10 heteroatoms. The monoisotopic (exact) mass is 437 g/mol. The Balaban J connectivity index is 2.19. The van der Waals surface area contributed by atoms with E-state index in [1.54, 1.807) is 18.2 Å². The van der Waals surface area contributed by atoms with Crippen LogP contribution in [0, 0.1) is 0 Å². The molecular formula is C19H17Cl2N3O5. The molecular weight excluding hydrogens is 421 g/mol. The first-order valence-electron chi connectivity index (χ1n) is 8.24. The highest BCUT2D eigenvalue weighted by molar-refractivity contribution is 6.36. The Labute approximate surface area is 176 Å². The van der Waals surface area contributed by atoms with Gasteiger partial charge in [-0.25, -0.2) is 0 Å². The molecule has 1 heterocycles. The fraction of sp³-hybridized carbons (Fsp3) is 0.211. The van der Waals surface area contributed by atoms with E-state index in [-0.39, 0.29) is 22.4 Å². The van der Waals surface area contributed by atoms with Gasteiger partial charge in [0.2, 0.25) is 5.75 Å². The standard InChI is InChI=1S/C19H17Cl2N3O5/c1-26-14-7-10(8-15(27-2)16(14)28-3)17-22-19(29-4)23-24(17)18(25)12-6-5-11(20)9-13(12)21/h5-9H,1-4H3. The van der Waals surface area contributed by atoms with Crippen LogP contribution in [-0.2, 0) is 0 Å². The molecule has 0 amide bonds. The molecule has 0 fully saturated rings. The van der Waals surface area contributed by atoms with Crippen LogP contribution in [0.15, 0.2) is 30.3 Å². The van der Waals surface area contributed by atoms with Crippen molar-refractivity contribution in [3.05, 3.63) is 45.9 Å². The first-order chi connectivity index (χ1) is 13.9. The highest BCUT2D eigenvalue weighted by Gasteiger charge is 2.24. The third-order valence-electron chi connectivity index (χ3n) is 4.05. The van der Waals surface area contributed by atoms with E-state index in [1.807, 2.05) is 0 Å². The number of aromatic nitrogens is 3. The van der Waals surface area contributed by atoms with Crippen LogP contribution in [0.1, 0.15) is 10.4 Å². The van der Waals surface area contributed by atoms with Crippen LogP contribution < -0.4 is 18.9 Å². The first kappa shape index (κ1) is 20.8. The van der Waals surface area contributed by atoms with Gasteiger partial charge in [0, 0.05) is 10.6 Å². The predicted octanol–water partition coefficient (Wildman–Crippen LogP) is 3.97. The number of hydrogen-bond acceptors (Lipinski definition) is 7. The number of carbonyl (C=O) groups is 1. The van der Waals surface area contributed by atoms with Crippen molar-refractivity contribution in [1.82, 2.24) is 14.8 Å². The Bertz CT molecular complexity index is 1040. The maximum Gasteiger partial charge on any atom is 0.336 e. The Kier molecular flexibility index (Phi) is 6.14. The smallest absolute Gasteiger partial charge is 0.336 e. The largest absolute Gasteiger partial charge is 0.493 e. The number of carbonyl (C=O) groups excluding carboxylic acids is 1. The summed E-state index contributed by atoms with van der Waals surface area (Å²) in [6.07, 6.45) is 0. The SMILES string of the molecule is COc1nc(-c2cc(OC)c(OC)c(OC)c2)n(C(=O)c2ccc(Cl)cc2Cl)n1. The van der Waals surface area contributed by atoms with Crippen LogP contribution >= 0.6 is 23.2 Å². The van der Waals surface area contributed by atoms with Gasteiger partial charge in [-0.2, -0.15) is 9.67 Å². The maximum atomic E-state index is 13.1. The average Bonchev–Trinajstić information content (AvgIpc) is 3.16. The molecule has 0 aliphatic heterocycles. The number of ether oxygens (including phenoxy) is 4. The summed E-state index contributed by atoms with van der Waals surface area (Å²) in [7, 11) is 5.88. The molecule has 0 bridgehead atoms. The molecule has 0 aliphatic rings. The number of nitrogens with zero attached hydrogens (tertiary/aromatic N) is 3. The van der Waals surface area contributed by atoms with E-state index in [0.717, 1.165) is 4.68 Å². The van der Waals surface area contributed by atoms with Gasteiger partial charge in [0.25, 0.3) is 5.91 Å².